The van der Waals surface area contributed by atoms with E-state index in [4.69, 9.17) is 19.4 Å². The summed E-state index contributed by atoms with van der Waals surface area (Å²) in [6.07, 6.45) is 2.96. The van der Waals surface area contributed by atoms with Crippen molar-refractivity contribution in [3.05, 3.63) is 35.7 Å². The molecule has 35 heavy (non-hydrogen) atoms. The molecular weight excluding hydrogens is 466 g/mol. The molecule has 1 unspecified atom stereocenters. The summed E-state index contributed by atoms with van der Waals surface area (Å²) in [6.45, 7) is 11.1. The molecule has 0 fully saturated rings. The quantitative estimate of drug-likeness (QED) is 0.365. The van der Waals surface area contributed by atoms with Crippen LogP contribution in [0.3, 0.4) is 0 Å². The van der Waals surface area contributed by atoms with Crippen LogP contribution in [0.15, 0.2) is 24.3 Å². The van der Waals surface area contributed by atoms with E-state index in [0.29, 0.717) is 48.2 Å². The number of fused-ring (bicyclic) bond motifs is 1. The van der Waals surface area contributed by atoms with Gasteiger partial charge in [-0.1, -0.05) is 26.0 Å². The Morgan fingerprint density at radius 1 is 1.14 bits per heavy atom. The molecule has 0 saturated carbocycles. The molecule has 9 nitrogen and oxygen atoms in total. The molecule has 0 aliphatic heterocycles. The van der Waals surface area contributed by atoms with Crippen LogP contribution in [-0.2, 0) is 19.3 Å². The minimum absolute atomic E-state index is 0.309. The molecule has 3 aromatic rings. The SMILES string of the molecule is CCCOCC(C)CCOc1c(C)nc(-n2c(NC)nc3ccccc32)nc1C(C)(C)S(C)(=O)=O. The third-order valence-corrected chi connectivity index (χ3v) is 8.16. The van der Waals surface area contributed by atoms with Gasteiger partial charge in [-0.15, -0.1) is 0 Å². The summed E-state index contributed by atoms with van der Waals surface area (Å²) < 4.78 is 37.9. The van der Waals surface area contributed by atoms with Crippen LogP contribution in [0.5, 0.6) is 5.75 Å². The van der Waals surface area contributed by atoms with Crippen LogP contribution in [0.1, 0.15) is 51.9 Å². The van der Waals surface area contributed by atoms with Gasteiger partial charge in [0.15, 0.2) is 15.6 Å². The Balaban J connectivity index is 2.05. The Morgan fingerprint density at radius 3 is 2.51 bits per heavy atom. The molecule has 1 aromatic carbocycles. The Hall–Kier alpha value is -2.72. The number of sulfone groups is 1. The van der Waals surface area contributed by atoms with E-state index in [1.54, 1.807) is 25.5 Å². The van der Waals surface area contributed by atoms with E-state index in [1.807, 2.05) is 31.2 Å². The average Bonchev–Trinajstić information content (AvgIpc) is 3.18. The normalized spacial score (nSPS) is 13.2. The van der Waals surface area contributed by atoms with E-state index < -0.39 is 14.6 Å². The van der Waals surface area contributed by atoms with E-state index in [-0.39, 0.29) is 0 Å². The number of hydrogen-bond acceptors (Lipinski definition) is 8. The zero-order valence-electron chi connectivity index (χ0n) is 21.8. The Bertz CT molecular complexity index is 1270. The van der Waals surface area contributed by atoms with Crippen molar-refractivity contribution >= 4 is 26.8 Å². The van der Waals surface area contributed by atoms with E-state index >= 15 is 0 Å². The molecule has 0 aliphatic rings. The lowest BCUT2D eigenvalue weighted by Crippen LogP contribution is -2.31. The molecule has 0 radical (unpaired) electrons. The van der Waals surface area contributed by atoms with Crippen molar-refractivity contribution in [1.29, 1.82) is 0 Å². The fourth-order valence-electron chi connectivity index (χ4n) is 3.67. The number of rotatable bonds is 12. The predicted molar refractivity (Wildman–Crippen MR) is 139 cm³/mol. The van der Waals surface area contributed by atoms with Gasteiger partial charge in [0, 0.05) is 26.5 Å². The molecule has 3 rings (SSSR count). The molecule has 2 heterocycles. The first-order valence-electron chi connectivity index (χ1n) is 12.0. The molecule has 192 valence electrons. The number of ether oxygens (including phenoxy) is 2. The lowest BCUT2D eigenvalue weighted by Gasteiger charge is -2.26. The summed E-state index contributed by atoms with van der Waals surface area (Å²) in [4.78, 5) is 14.1. The molecule has 0 amide bonds. The van der Waals surface area contributed by atoms with E-state index in [2.05, 4.69) is 24.1 Å². The van der Waals surface area contributed by atoms with Gasteiger partial charge in [0.05, 0.1) is 23.3 Å². The predicted octanol–water partition coefficient (Wildman–Crippen LogP) is 4.28. The van der Waals surface area contributed by atoms with Gasteiger partial charge in [-0.05, 0) is 51.7 Å². The van der Waals surface area contributed by atoms with Gasteiger partial charge in [0.2, 0.25) is 11.9 Å². The highest BCUT2D eigenvalue weighted by Crippen LogP contribution is 2.37. The van der Waals surface area contributed by atoms with Crippen LogP contribution >= 0.6 is 0 Å². The minimum Gasteiger partial charge on any atom is -0.490 e. The van der Waals surface area contributed by atoms with E-state index in [9.17, 15) is 8.42 Å². The maximum absolute atomic E-state index is 12.8. The summed E-state index contributed by atoms with van der Waals surface area (Å²) in [5, 5.41) is 3.08. The second-order valence-electron chi connectivity index (χ2n) is 9.40. The second-order valence-corrected chi connectivity index (χ2v) is 12.0. The van der Waals surface area contributed by atoms with Gasteiger partial charge >= 0.3 is 0 Å². The third kappa shape index (κ3) is 5.75. The first-order valence-corrected chi connectivity index (χ1v) is 13.8. The van der Waals surface area contributed by atoms with Crippen molar-refractivity contribution in [2.24, 2.45) is 5.92 Å². The van der Waals surface area contributed by atoms with Gasteiger partial charge in [0.1, 0.15) is 10.4 Å². The molecule has 0 saturated heterocycles. The number of aromatic nitrogens is 4. The van der Waals surface area contributed by atoms with Crippen LogP contribution in [0, 0.1) is 12.8 Å². The zero-order chi connectivity index (χ0) is 25.8. The summed E-state index contributed by atoms with van der Waals surface area (Å²) in [5.74, 6) is 1.61. The van der Waals surface area contributed by atoms with Crippen molar-refractivity contribution in [3.8, 4) is 11.7 Å². The largest absolute Gasteiger partial charge is 0.490 e. The highest BCUT2D eigenvalue weighted by Gasteiger charge is 2.38. The fraction of sp³-hybridized carbons (Fsp3) is 0.560. The zero-order valence-corrected chi connectivity index (χ0v) is 22.6. The fourth-order valence-corrected chi connectivity index (χ4v) is 4.16. The average molecular weight is 504 g/mol. The highest BCUT2D eigenvalue weighted by atomic mass is 32.2. The van der Waals surface area contributed by atoms with Crippen LogP contribution < -0.4 is 10.1 Å². The van der Waals surface area contributed by atoms with Gasteiger partial charge < -0.3 is 14.8 Å². The van der Waals surface area contributed by atoms with Crippen molar-refractivity contribution in [1.82, 2.24) is 19.5 Å². The van der Waals surface area contributed by atoms with Crippen molar-refractivity contribution < 1.29 is 17.9 Å². The van der Waals surface area contributed by atoms with Gasteiger partial charge in [-0.25, -0.2) is 27.9 Å². The van der Waals surface area contributed by atoms with Crippen LogP contribution in [-0.4, -0.2) is 61.1 Å². The number of hydrogen-bond donors (Lipinski definition) is 1. The van der Waals surface area contributed by atoms with Gasteiger partial charge in [0.25, 0.3) is 0 Å². The molecule has 10 heteroatoms. The summed E-state index contributed by atoms with van der Waals surface area (Å²) in [5.41, 5.74) is 2.49. The number of benzene rings is 1. The summed E-state index contributed by atoms with van der Waals surface area (Å²) in [7, 11) is -1.75. The molecule has 0 spiro atoms. The molecule has 2 aromatic heterocycles. The molecule has 0 aliphatic carbocycles. The number of imidazole rings is 1. The topological polar surface area (TPSA) is 108 Å². The molecule has 0 bridgehead atoms. The van der Waals surface area contributed by atoms with Crippen molar-refractivity contribution in [3.63, 3.8) is 0 Å². The maximum Gasteiger partial charge on any atom is 0.237 e. The minimum atomic E-state index is -3.53. The maximum atomic E-state index is 12.8. The van der Waals surface area contributed by atoms with E-state index in [0.717, 1.165) is 30.5 Å². The summed E-state index contributed by atoms with van der Waals surface area (Å²) >= 11 is 0. The highest BCUT2D eigenvalue weighted by molar-refractivity contribution is 7.91. The monoisotopic (exact) mass is 503 g/mol. The van der Waals surface area contributed by atoms with Gasteiger partial charge in [-0.3, -0.25) is 0 Å². The lowest BCUT2D eigenvalue weighted by atomic mass is 10.1. The van der Waals surface area contributed by atoms with Crippen LogP contribution in [0.2, 0.25) is 0 Å². The molecular formula is C25H37N5O4S. The second kappa shape index (κ2) is 10.9. The van der Waals surface area contributed by atoms with Crippen LogP contribution in [0.25, 0.3) is 17.0 Å². The van der Waals surface area contributed by atoms with Crippen LogP contribution in [0.4, 0.5) is 5.95 Å². The third-order valence-electron chi connectivity index (χ3n) is 6.11. The van der Waals surface area contributed by atoms with Crippen molar-refractivity contribution in [2.75, 3.05) is 38.4 Å². The number of anilines is 1. The number of para-hydroxylation sites is 2. The standard InChI is InChI=1S/C25H37N5O4S/c1-8-14-33-16-17(2)13-15-34-21-18(3)27-24(29-22(21)25(4,5)35(7,31)32)30-20-12-10-9-11-19(20)28-23(30)26-6/h9-12,17H,8,13-16H2,1-7H3,(H,26,28). The van der Waals surface area contributed by atoms with E-state index in [1.165, 1.54) is 6.26 Å². The summed E-state index contributed by atoms with van der Waals surface area (Å²) in [6, 6.07) is 7.66. The molecule has 1 atom stereocenters. The van der Waals surface area contributed by atoms with Crippen molar-refractivity contribution in [2.45, 2.75) is 52.2 Å². The molecule has 1 N–H and O–H groups in total. The first kappa shape index (κ1) is 26.9. The van der Waals surface area contributed by atoms with Gasteiger partial charge in [-0.2, -0.15) is 0 Å². The first-order chi connectivity index (χ1) is 16.5. The number of nitrogens with one attached hydrogen (secondary N) is 1. The smallest absolute Gasteiger partial charge is 0.237 e. The Morgan fingerprint density at radius 2 is 1.86 bits per heavy atom. The number of nitrogens with zero attached hydrogens (tertiary/aromatic N) is 4. The lowest BCUT2D eigenvalue weighted by molar-refractivity contribution is 0.0963. The Labute approximate surface area is 208 Å². The Kier molecular flexibility index (Phi) is 8.38. The number of aryl methyl sites for hydroxylation is 1.